The van der Waals surface area contributed by atoms with Crippen LogP contribution >= 0.6 is 0 Å². The lowest BCUT2D eigenvalue weighted by Crippen LogP contribution is -2.27. The van der Waals surface area contributed by atoms with Crippen molar-refractivity contribution >= 4 is 26.8 Å². The Morgan fingerprint density at radius 1 is 1.25 bits per heavy atom. The van der Waals surface area contributed by atoms with Crippen molar-refractivity contribution < 1.29 is 22.7 Å². The van der Waals surface area contributed by atoms with Crippen LogP contribution < -0.4 is 19.9 Å². The van der Waals surface area contributed by atoms with E-state index in [2.05, 4.69) is 21.4 Å². The second kappa shape index (κ2) is 8.84. The number of primary amides is 1. The molecule has 0 bridgehead atoms. The molecule has 0 saturated carbocycles. The molecule has 1 aromatic heterocycles. The molecule has 2 aromatic carbocycles. The lowest BCUT2D eigenvalue weighted by molar-refractivity contribution is -0.119. The van der Waals surface area contributed by atoms with Crippen LogP contribution in [0.5, 0.6) is 11.5 Å². The molecule has 1 heterocycles. The van der Waals surface area contributed by atoms with Gasteiger partial charge in [-0.1, -0.05) is 30.3 Å². The van der Waals surface area contributed by atoms with Crippen LogP contribution in [0.3, 0.4) is 0 Å². The molecule has 3 N–H and O–H groups in total. The molecule has 0 aliphatic heterocycles. The molecule has 1 amide bonds. The monoisotopic (exact) mass is 457 g/mol. The lowest BCUT2D eigenvalue weighted by atomic mass is 9.84. The van der Waals surface area contributed by atoms with Crippen molar-refractivity contribution in [3.8, 4) is 11.5 Å². The van der Waals surface area contributed by atoms with E-state index in [1.165, 1.54) is 0 Å². The number of methoxy groups -OCH3 is 1. The van der Waals surface area contributed by atoms with E-state index in [0.29, 0.717) is 24.5 Å². The number of nitrogens with zero attached hydrogens (tertiary/aromatic N) is 1. The van der Waals surface area contributed by atoms with E-state index in [-0.39, 0.29) is 12.6 Å². The second-order valence-corrected chi connectivity index (χ2v) is 9.84. The van der Waals surface area contributed by atoms with Crippen LogP contribution in [0.4, 0.5) is 0 Å². The van der Waals surface area contributed by atoms with Crippen molar-refractivity contribution in [3.63, 3.8) is 0 Å². The van der Waals surface area contributed by atoms with Gasteiger partial charge in [0.25, 0.3) is 0 Å². The standard InChI is InChI=1S/C23H27N3O5S/c1-30-16-11-19-22(20(12-16)31-14-25-32(2,28)29)21-17(23(24)27)9-6-10-18(21)26(19)13-15-7-4-3-5-8-15/h3-5,7-8,11-12,17,25H,6,9-10,13-14H2,1-2H3,(H2,24,27). The molecule has 0 radical (unpaired) electrons. The molecule has 1 unspecified atom stereocenters. The summed E-state index contributed by atoms with van der Waals surface area (Å²) < 4.78 is 38.9. The number of rotatable bonds is 8. The molecule has 4 rings (SSSR count). The fourth-order valence-corrected chi connectivity index (χ4v) is 4.71. The van der Waals surface area contributed by atoms with Crippen molar-refractivity contribution in [2.24, 2.45) is 5.73 Å². The van der Waals surface area contributed by atoms with Crippen molar-refractivity contribution in [2.45, 2.75) is 31.7 Å². The van der Waals surface area contributed by atoms with Crippen LogP contribution in [0.1, 0.15) is 35.6 Å². The van der Waals surface area contributed by atoms with Gasteiger partial charge in [-0.05, 0) is 30.4 Å². The molecule has 9 heteroatoms. The molecule has 32 heavy (non-hydrogen) atoms. The Balaban J connectivity index is 1.92. The highest BCUT2D eigenvalue weighted by Gasteiger charge is 2.33. The predicted molar refractivity (Wildman–Crippen MR) is 122 cm³/mol. The Labute approximate surface area is 187 Å². The third-order valence-electron chi connectivity index (χ3n) is 5.82. The number of carbonyl (C=O) groups is 1. The second-order valence-electron chi connectivity index (χ2n) is 8.00. The summed E-state index contributed by atoms with van der Waals surface area (Å²) >= 11 is 0. The van der Waals surface area contributed by atoms with Crippen molar-refractivity contribution in [3.05, 3.63) is 59.3 Å². The molecule has 1 aliphatic rings. The van der Waals surface area contributed by atoms with Gasteiger partial charge in [-0.3, -0.25) is 4.79 Å². The van der Waals surface area contributed by atoms with Gasteiger partial charge in [-0.25, -0.2) is 8.42 Å². The van der Waals surface area contributed by atoms with E-state index in [9.17, 15) is 13.2 Å². The van der Waals surface area contributed by atoms with E-state index in [0.717, 1.165) is 46.8 Å². The average molecular weight is 458 g/mol. The highest BCUT2D eigenvalue weighted by atomic mass is 32.2. The largest absolute Gasteiger partial charge is 0.497 e. The molecule has 170 valence electrons. The smallest absolute Gasteiger partial charge is 0.225 e. The van der Waals surface area contributed by atoms with Gasteiger partial charge in [0.15, 0.2) is 6.73 Å². The summed E-state index contributed by atoms with van der Waals surface area (Å²) in [7, 11) is -1.86. The number of carbonyl (C=O) groups excluding carboxylic acids is 1. The van der Waals surface area contributed by atoms with Crippen LogP contribution in [-0.4, -0.2) is 39.0 Å². The van der Waals surface area contributed by atoms with Gasteiger partial charge >= 0.3 is 0 Å². The maximum Gasteiger partial charge on any atom is 0.225 e. The Bertz CT molecular complexity index is 1250. The zero-order chi connectivity index (χ0) is 22.9. The number of nitrogens with one attached hydrogen (secondary N) is 1. The van der Waals surface area contributed by atoms with E-state index in [4.69, 9.17) is 15.2 Å². The van der Waals surface area contributed by atoms with E-state index >= 15 is 0 Å². The summed E-state index contributed by atoms with van der Waals surface area (Å²) in [6, 6.07) is 13.7. The molecule has 1 atom stereocenters. The number of hydrogen-bond donors (Lipinski definition) is 2. The lowest BCUT2D eigenvalue weighted by Gasteiger charge is -2.22. The maximum atomic E-state index is 12.4. The molecule has 1 aliphatic carbocycles. The quantitative estimate of drug-likeness (QED) is 0.505. The number of fused-ring (bicyclic) bond motifs is 3. The summed E-state index contributed by atoms with van der Waals surface area (Å²) in [6.07, 6.45) is 3.40. The normalized spacial score (nSPS) is 16.0. The van der Waals surface area contributed by atoms with Gasteiger partial charge in [-0.15, -0.1) is 0 Å². The molecular formula is C23H27N3O5S. The number of hydrogen-bond acceptors (Lipinski definition) is 5. The van der Waals surface area contributed by atoms with Crippen LogP contribution in [0.15, 0.2) is 42.5 Å². The van der Waals surface area contributed by atoms with Crippen LogP contribution in [0.2, 0.25) is 0 Å². The third kappa shape index (κ3) is 4.44. The first-order valence-electron chi connectivity index (χ1n) is 10.4. The fraction of sp³-hybridized carbons (Fsp3) is 0.348. The first kappa shape index (κ1) is 22.2. The number of ether oxygens (including phenoxy) is 2. The van der Waals surface area contributed by atoms with E-state index < -0.39 is 15.9 Å². The Hall–Kier alpha value is -3.04. The highest BCUT2D eigenvalue weighted by Crippen LogP contribution is 2.45. The van der Waals surface area contributed by atoms with Gasteiger partial charge in [0.2, 0.25) is 15.9 Å². The minimum Gasteiger partial charge on any atom is -0.497 e. The van der Waals surface area contributed by atoms with E-state index in [1.807, 2.05) is 24.3 Å². The summed E-state index contributed by atoms with van der Waals surface area (Å²) in [5.74, 6) is 0.218. The Morgan fingerprint density at radius 2 is 2.00 bits per heavy atom. The van der Waals surface area contributed by atoms with Crippen molar-refractivity contribution in [1.82, 2.24) is 9.29 Å². The summed E-state index contributed by atoms with van der Waals surface area (Å²) in [5.41, 5.74) is 9.69. The minimum atomic E-state index is -3.43. The van der Waals surface area contributed by atoms with Gasteiger partial charge in [0.1, 0.15) is 11.5 Å². The summed E-state index contributed by atoms with van der Waals surface area (Å²) in [5, 5.41) is 0.774. The molecule has 0 saturated heterocycles. The summed E-state index contributed by atoms with van der Waals surface area (Å²) in [6.45, 7) is 0.382. The summed E-state index contributed by atoms with van der Waals surface area (Å²) in [4.78, 5) is 12.4. The number of nitrogens with two attached hydrogens (primary N) is 1. The van der Waals surface area contributed by atoms with Gasteiger partial charge in [0.05, 0.1) is 24.8 Å². The average Bonchev–Trinajstić information content (AvgIpc) is 3.07. The first-order chi connectivity index (χ1) is 15.3. The van der Waals surface area contributed by atoms with Crippen LogP contribution in [0, 0.1) is 0 Å². The predicted octanol–water partition coefficient (Wildman–Crippen LogP) is 2.49. The first-order valence-corrected chi connectivity index (χ1v) is 12.3. The van der Waals surface area contributed by atoms with Crippen LogP contribution in [-0.2, 0) is 27.8 Å². The topological polar surface area (TPSA) is 113 Å². The van der Waals surface area contributed by atoms with Gasteiger partial charge in [-0.2, -0.15) is 4.72 Å². The number of amides is 1. The number of sulfonamides is 1. The number of aromatic nitrogens is 1. The molecular weight excluding hydrogens is 430 g/mol. The molecule has 0 fully saturated rings. The van der Waals surface area contributed by atoms with Gasteiger partial charge < -0.3 is 19.8 Å². The Kier molecular flexibility index (Phi) is 6.12. The third-order valence-corrected chi connectivity index (χ3v) is 6.46. The molecule has 0 spiro atoms. The number of benzene rings is 2. The SMILES string of the molecule is COc1cc(OCNS(C)(=O)=O)c2c3c(n(Cc4ccccc4)c2c1)CCCC3C(N)=O. The van der Waals surface area contributed by atoms with Crippen molar-refractivity contribution in [1.29, 1.82) is 0 Å². The molecule has 3 aromatic rings. The zero-order valence-corrected chi connectivity index (χ0v) is 18.9. The van der Waals surface area contributed by atoms with Crippen molar-refractivity contribution in [2.75, 3.05) is 20.1 Å². The Morgan fingerprint density at radius 3 is 2.66 bits per heavy atom. The van der Waals surface area contributed by atoms with Gasteiger partial charge in [0, 0.05) is 29.8 Å². The highest BCUT2D eigenvalue weighted by molar-refractivity contribution is 7.88. The molecule has 8 nitrogen and oxygen atoms in total. The fourth-order valence-electron chi connectivity index (χ4n) is 4.43. The van der Waals surface area contributed by atoms with E-state index in [1.54, 1.807) is 13.2 Å². The minimum absolute atomic E-state index is 0.235. The maximum absolute atomic E-state index is 12.4. The zero-order valence-electron chi connectivity index (χ0n) is 18.1. The van der Waals surface area contributed by atoms with Crippen LogP contribution in [0.25, 0.3) is 10.9 Å².